The molecule has 0 bridgehead atoms. The van der Waals surface area contributed by atoms with Crippen LogP contribution >= 0.6 is 0 Å². The van der Waals surface area contributed by atoms with Gasteiger partial charge in [-0.3, -0.25) is 0 Å². The van der Waals surface area contributed by atoms with Gasteiger partial charge in [0.2, 0.25) is 0 Å². The van der Waals surface area contributed by atoms with E-state index in [1.807, 2.05) is 0 Å². The number of hydrogen-bond donors (Lipinski definition) is 0. The van der Waals surface area contributed by atoms with Gasteiger partial charge < -0.3 is 0 Å². The summed E-state index contributed by atoms with van der Waals surface area (Å²) in [5, 5.41) is 0. The van der Waals surface area contributed by atoms with E-state index in [9.17, 15) is 0 Å². The number of aryl methyl sites for hydroxylation is 1. The lowest BCUT2D eigenvalue weighted by atomic mass is 10.00. The molecule has 0 aliphatic rings. The highest BCUT2D eigenvalue weighted by Crippen LogP contribution is 2.19. The molecule has 0 spiro atoms. The second kappa shape index (κ2) is 10.5. The van der Waals surface area contributed by atoms with Crippen LogP contribution in [0.25, 0.3) is 5.57 Å². The van der Waals surface area contributed by atoms with Crippen molar-refractivity contribution in [3.05, 3.63) is 53.6 Å². The van der Waals surface area contributed by atoms with E-state index in [0.717, 1.165) is 0 Å². The van der Waals surface area contributed by atoms with Gasteiger partial charge >= 0.3 is 0 Å². The molecule has 0 heterocycles. The molecule has 1 aromatic rings. The quantitative estimate of drug-likeness (QED) is 0.351. The number of rotatable bonds is 9. The highest BCUT2D eigenvalue weighted by Gasteiger charge is 1.99. The van der Waals surface area contributed by atoms with E-state index in [2.05, 4.69) is 63.3 Å². The van der Waals surface area contributed by atoms with Crippen LogP contribution in [0.5, 0.6) is 0 Å². The maximum absolute atomic E-state index is 2.39. The molecule has 0 nitrogen and oxygen atoms in total. The van der Waals surface area contributed by atoms with Crippen molar-refractivity contribution >= 4 is 5.57 Å². The SMILES string of the molecule is C/C=C\C(=C/CCCCC)c1ccc(CCCC)cc1. The number of hydrogen-bond acceptors (Lipinski definition) is 0. The molecule has 0 heteroatoms. The Morgan fingerprint density at radius 2 is 1.65 bits per heavy atom. The van der Waals surface area contributed by atoms with Crippen LogP contribution in [-0.4, -0.2) is 0 Å². The lowest BCUT2D eigenvalue weighted by Crippen LogP contribution is -1.87. The van der Waals surface area contributed by atoms with Crippen LogP contribution in [0, 0.1) is 0 Å². The second-order valence-electron chi connectivity index (χ2n) is 5.46. The fourth-order valence-corrected chi connectivity index (χ4v) is 2.36. The van der Waals surface area contributed by atoms with E-state index in [4.69, 9.17) is 0 Å². The van der Waals surface area contributed by atoms with Gasteiger partial charge in [0.05, 0.1) is 0 Å². The molecule has 110 valence electrons. The van der Waals surface area contributed by atoms with E-state index in [1.54, 1.807) is 0 Å². The van der Waals surface area contributed by atoms with Crippen LogP contribution in [-0.2, 0) is 6.42 Å². The summed E-state index contributed by atoms with van der Waals surface area (Å²) in [6.07, 6.45) is 15.6. The Kier molecular flexibility index (Phi) is 8.78. The Balaban J connectivity index is 2.71. The van der Waals surface area contributed by atoms with Crippen molar-refractivity contribution in [1.29, 1.82) is 0 Å². The molecule has 0 N–H and O–H groups in total. The molecule has 0 aromatic heterocycles. The lowest BCUT2D eigenvalue weighted by Gasteiger charge is -2.06. The zero-order valence-electron chi connectivity index (χ0n) is 13.5. The minimum absolute atomic E-state index is 1.19. The molecule has 1 aromatic carbocycles. The van der Waals surface area contributed by atoms with E-state index in [1.165, 1.54) is 61.6 Å². The third kappa shape index (κ3) is 6.23. The summed E-state index contributed by atoms with van der Waals surface area (Å²) in [5.74, 6) is 0. The Labute approximate surface area is 125 Å². The van der Waals surface area contributed by atoms with Crippen LogP contribution in [0.3, 0.4) is 0 Å². The normalized spacial score (nSPS) is 12.2. The van der Waals surface area contributed by atoms with Gasteiger partial charge in [0.1, 0.15) is 0 Å². The van der Waals surface area contributed by atoms with Gasteiger partial charge in [0, 0.05) is 0 Å². The molecule has 0 radical (unpaired) electrons. The molecule has 0 aliphatic heterocycles. The molecule has 0 aliphatic carbocycles. The lowest BCUT2D eigenvalue weighted by molar-refractivity contribution is 0.730. The van der Waals surface area contributed by atoms with Crippen molar-refractivity contribution < 1.29 is 0 Å². The molecule has 0 fully saturated rings. The highest BCUT2D eigenvalue weighted by molar-refractivity contribution is 5.73. The van der Waals surface area contributed by atoms with Crippen LogP contribution < -0.4 is 0 Å². The third-order valence-electron chi connectivity index (χ3n) is 3.62. The van der Waals surface area contributed by atoms with Crippen LogP contribution in [0.4, 0.5) is 0 Å². The molecule has 0 saturated heterocycles. The van der Waals surface area contributed by atoms with Gasteiger partial charge in [-0.25, -0.2) is 0 Å². The first-order valence-corrected chi connectivity index (χ1v) is 8.24. The molecular formula is C20H30. The Morgan fingerprint density at radius 3 is 2.25 bits per heavy atom. The van der Waals surface area contributed by atoms with Crippen molar-refractivity contribution in [2.45, 2.75) is 65.7 Å². The van der Waals surface area contributed by atoms with Crippen molar-refractivity contribution in [1.82, 2.24) is 0 Å². The fourth-order valence-electron chi connectivity index (χ4n) is 2.36. The molecule has 1 rings (SSSR count). The van der Waals surface area contributed by atoms with Crippen LogP contribution in [0.2, 0.25) is 0 Å². The monoisotopic (exact) mass is 270 g/mol. The third-order valence-corrected chi connectivity index (χ3v) is 3.62. The summed E-state index contributed by atoms with van der Waals surface area (Å²) >= 11 is 0. The zero-order chi connectivity index (χ0) is 14.6. The summed E-state index contributed by atoms with van der Waals surface area (Å²) < 4.78 is 0. The molecular weight excluding hydrogens is 240 g/mol. The Morgan fingerprint density at radius 1 is 0.950 bits per heavy atom. The first kappa shape index (κ1) is 16.8. The number of benzene rings is 1. The average Bonchev–Trinajstić information content (AvgIpc) is 2.49. The Hall–Kier alpha value is -1.30. The molecule has 0 amide bonds. The van der Waals surface area contributed by atoms with Crippen LogP contribution in [0.1, 0.15) is 70.4 Å². The van der Waals surface area contributed by atoms with E-state index in [0.29, 0.717) is 0 Å². The van der Waals surface area contributed by atoms with Crippen molar-refractivity contribution in [3.63, 3.8) is 0 Å². The smallest absolute Gasteiger partial charge is 0.0187 e. The largest absolute Gasteiger partial charge is 0.0871 e. The maximum atomic E-state index is 2.39. The van der Waals surface area contributed by atoms with Gasteiger partial charge in [0.25, 0.3) is 0 Å². The average molecular weight is 270 g/mol. The summed E-state index contributed by atoms with van der Waals surface area (Å²) in [6, 6.07) is 9.12. The van der Waals surface area contributed by atoms with Gasteiger partial charge in [0.15, 0.2) is 0 Å². The first-order chi connectivity index (χ1) is 9.81. The van der Waals surface area contributed by atoms with Crippen molar-refractivity contribution in [2.24, 2.45) is 0 Å². The molecule has 0 unspecified atom stereocenters. The first-order valence-electron chi connectivity index (χ1n) is 8.24. The van der Waals surface area contributed by atoms with Gasteiger partial charge in [-0.2, -0.15) is 0 Å². The zero-order valence-corrected chi connectivity index (χ0v) is 13.5. The molecule has 20 heavy (non-hydrogen) atoms. The van der Waals surface area contributed by atoms with Gasteiger partial charge in [-0.15, -0.1) is 0 Å². The fraction of sp³-hybridized carbons (Fsp3) is 0.500. The minimum atomic E-state index is 1.19. The van der Waals surface area contributed by atoms with Crippen LogP contribution in [0.15, 0.2) is 42.5 Å². The van der Waals surface area contributed by atoms with E-state index < -0.39 is 0 Å². The van der Waals surface area contributed by atoms with Crippen molar-refractivity contribution in [2.75, 3.05) is 0 Å². The van der Waals surface area contributed by atoms with Gasteiger partial charge in [-0.1, -0.05) is 75.6 Å². The van der Waals surface area contributed by atoms with E-state index in [-0.39, 0.29) is 0 Å². The maximum Gasteiger partial charge on any atom is -0.0187 e. The summed E-state index contributed by atoms with van der Waals surface area (Å²) in [4.78, 5) is 0. The molecule has 0 saturated carbocycles. The standard InChI is InChI=1S/C20H30/c1-4-7-9-10-13-19(11-6-3)20-16-14-18(15-17-20)12-8-5-2/h6,11,13-17H,4-5,7-10,12H2,1-3H3/b11-6-,19-13+. The topological polar surface area (TPSA) is 0 Å². The minimum Gasteiger partial charge on any atom is -0.0871 e. The van der Waals surface area contributed by atoms with E-state index >= 15 is 0 Å². The summed E-state index contributed by atoms with van der Waals surface area (Å²) in [7, 11) is 0. The number of unbranched alkanes of at least 4 members (excludes halogenated alkanes) is 4. The Bertz CT molecular complexity index is 406. The second-order valence-corrected chi connectivity index (χ2v) is 5.46. The van der Waals surface area contributed by atoms with Gasteiger partial charge in [-0.05, 0) is 49.3 Å². The summed E-state index contributed by atoms with van der Waals surface area (Å²) in [5.41, 5.74) is 4.17. The predicted octanol–water partition coefficient (Wildman–Crippen LogP) is 6.57. The predicted molar refractivity (Wildman–Crippen MR) is 92.0 cm³/mol. The van der Waals surface area contributed by atoms with Crippen molar-refractivity contribution in [3.8, 4) is 0 Å². The summed E-state index contributed by atoms with van der Waals surface area (Å²) in [6.45, 7) is 6.60. The highest BCUT2D eigenvalue weighted by atomic mass is 14.0. The molecule has 0 atom stereocenters. The number of allylic oxidation sites excluding steroid dienone is 4.